The predicted octanol–water partition coefficient (Wildman–Crippen LogP) is -0.430. The van der Waals surface area contributed by atoms with Crippen LogP contribution in [0.2, 0.25) is 0 Å². The van der Waals surface area contributed by atoms with Crippen LogP contribution < -0.4 is 5.32 Å². The molecule has 0 aromatic rings. The third kappa shape index (κ3) is 5.01. The number of esters is 2. The van der Waals surface area contributed by atoms with Crippen molar-refractivity contribution in [2.45, 2.75) is 12.5 Å². The standard InChI is InChI=1S/C9H15NO5S/c1-14-8(12)6(4-5-16-3)10-7(11)9(13)15-2/h6H,4-5H2,1-3H3,(H,10,11). The fourth-order valence-corrected chi connectivity index (χ4v) is 1.41. The Bertz CT molecular complexity index is 269. The van der Waals surface area contributed by atoms with Gasteiger partial charge in [0.25, 0.3) is 0 Å². The van der Waals surface area contributed by atoms with Crippen molar-refractivity contribution in [1.82, 2.24) is 5.32 Å². The molecule has 0 aliphatic carbocycles. The Morgan fingerprint density at radius 1 is 1.25 bits per heavy atom. The quantitative estimate of drug-likeness (QED) is 0.526. The van der Waals surface area contributed by atoms with Crippen molar-refractivity contribution in [2.75, 3.05) is 26.2 Å². The summed E-state index contributed by atoms with van der Waals surface area (Å²) in [6.45, 7) is 0. The molecule has 0 rings (SSSR count). The fraction of sp³-hybridized carbons (Fsp3) is 0.667. The van der Waals surface area contributed by atoms with Crippen molar-refractivity contribution >= 4 is 29.6 Å². The minimum absolute atomic E-state index is 0.399. The molecule has 0 aromatic heterocycles. The van der Waals surface area contributed by atoms with E-state index in [1.165, 1.54) is 18.9 Å². The van der Waals surface area contributed by atoms with Gasteiger partial charge in [-0.3, -0.25) is 4.79 Å². The first-order valence-corrected chi connectivity index (χ1v) is 5.91. The van der Waals surface area contributed by atoms with E-state index in [-0.39, 0.29) is 0 Å². The third-order valence-corrected chi connectivity index (χ3v) is 2.42. The van der Waals surface area contributed by atoms with E-state index in [9.17, 15) is 14.4 Å². The molecule has 0 radical (unpaired) electrons. The Balaban J connectivity index is 4.35. The number of methoxy groups -OCH3 is 2. The lowest BCUT2D eigenvalue weighted by Crippen LogP contribution is -2.45. The van der Waals surface area contributed by atoms with Crippen LogP contribution in [-0.4, -0.2) is 50.1 Å². The number of thioether (sulfide) groups is 1. The van der Waals surface area contributed by atoms with Crippen LogP contribution >= 0.6 is 11.8 Å². The highest BCUT2D eigenvalue weighted by atomic mass is 32.2. The SMILES string of the molecule is COC(=O)C(=O)NC(CCSC)C(=O)OC. The van der Waals surface area contributed by atoms with Crippen molar-refractivity contribution in [3.05, 3.63) is 0 Å². The Labute approximate surface area is 98.0 Å². The molecular formula is C9H15NO5S. The molecule has 1 amide bonds. The van der Waals surface area contributed by atoms with Crippen LogP contribution in [0.25, 0.3) is 0 Å². The summed E-state index contributed by atoms with van der Waals surface area (Å²) in [6.07, 6.45) is 2.27. The maximum atomic E-state index is 11.3. The van der Waals surface area contributed by atoms with Crippen molar-refractivity contribution in [1.29, 1.82) is 0 Å². The Morgan fingerprint density at radius 3 is 2.31 bits per heavy atom. The van der Waals surface area contributed by atoms with E-state index >= 15 is 0 Å². The predicted molar refractivity (Wildman–Crippen MR) is 59.0 cm³/mol. The van der Waals surface area contributed by atoms with Gasteiger partial charge in [-0.2, -0.15) is 11.8 Å². The van der Waals surface area contributed by atoms with Crippen LogP contribution in [0.5, 0.6) is 0 Å². The minimum atomic E-state index is -1.03. The topological polar surface area (TPSA) is 81.7 Å². The average molecular weight is 249 g/mol. The van der Waals surface area contributed by atoms with E-state index in [4.69, 9.17) is 0 Å². The van der Waals surface area contributed by atoms with Gasteiger partial charge in [0.1, 0.15) is 6.04 Å². The minimum Gasteiger partial charge on any atom is -0.467 e. The third-order valence-electron chi connectivity index (χ3n) is 1.77. The Morgan fingerprint density at radius 2 is 1.88 bits per heavy atom. The summed E-state index contributed by atoms with van der Waals surface area (Å²) in [5.41, 5.74) is 0. The molecule has 0 aliphatic rings. The van der Waals surface area contributed by atoms with E-state index in [2.05, 4.69) is 14.8 Å². The van der Waals surface area contributed by atoms with E-state index in [0.29, 0.717) is 12.2 Å². The van der Waals surface area contributed by atoms with Gasteiger partial charge in [-0.25, -0.2) is 9.59 Å². The van der Waals surface area contributed by atoms with Crippen LogP contribution in [0.1, 0.15) is 6.42 Å². The van der Waals surface area contributed by atoms with Gasteiger partial charge in [0.15, 0.2) is 0 Å². The molecule has 1 N–H and O–H groups in total. The lowest BCUT2D eigenvalue weighted by molar-refractivity contribution is -0.154. The number of rotatable bonds is 5. The van der Waals surface area contributed by atoms with Gasteiger partial charge in [-0.15, -0.1) is 0 Å². The van der Waals surface area contributed by atoms with Gasteiger partial charge in [0.2, 0.25) is 0 Å². The number of carbonyl (C=O) groups is 3. The van der Waals surface area contributed by atoms with Crippen LogP contribution in [-0.2, 0) is 23.9 Å². The molecular weight excluding hydrogens is 234 g/mol. The second-order valence-corrected chi connectivity index (χ2v) is 3.81. The molecule has 0 fully saturated rings. The molecule has 16 heavy (non-hydrogen) atoms. The van der Waals surface area contributed by atoms with Gasteiger partial charge < -0.3 is 14.8 Å². The van der Waals surface area contributed by atoms with Crippen LogP contribution in [0.3, 0.4) is 0 Å². The molecule has 0 saturated carbocycles. The second kappa shape index (κ2) is 7.98. The average Bonchev–Trinajstić information content (AvgIpc) is 2.31. The summed E-state index contributed by atoms with van der Waals surface area (Å²) in [5, 5.41) is 2.25. The summed E-state index contributed by atoms with van der Waals surface area (Å²) >= 11 is 1.52. The van der Waals surface area contributed by atoms with Gasteiger partial charge in [0, 0.05) is 0 Å². The molecule has 92 valence electrons. The molecule has 0 saturated heterocycles. The molecule has 0 bridgehead atoms. The van der Waals surface area contributed by atoms with Gasteiger partial charge >= 0.3 is 17.8 Å². The van der Waals surface area contributed by atoms with Crippen LogP contribution in [0.15, 0.2) is 0 Å². The van der Waals surface area contributed by atoms with Crippen molar-refractivity contribution in [2.24, 2.45) is 0 Å². The highest BCUT2D eigenvalue weighted by Gasteiger charge is 2.24. The fourth-order valence-electron chi connectivity index (χ4n) is 0.937. The summed E-state index contributed by atoms with van der Waals surface area (Å²) in [6, 6.07) is -0.816. The van der Waals surface area contributed by atoms with Gasteiger partial charge in [0.05, 0.1) is 14.2 Å². The molecule has 0 aliphatic heterocycles. The van der Waals surface area contributed by atoms with E-state index in [1.807, 2.05) is 6.26 Å². The summed E-state index contributed by atoms with van der Waals surface area (Å²) in [5.74, 6) is -1.88. The largest absolute Gasteiger partial charge is 0.467 e. The van der Waals surface area contributed by atoms with Crippen LogP contribution in [0, 0.1) is 0 Å². The first-order valence-electron chi connectivity index (χ1n) is 4.52. The van der Waals surface area contributed by atoms with E-state index in [1.54, 1.807) is 0 Å². The number of hydrogen-bond acceptors (Lipinski definition) is 6. The van der Waals surface area contributed by atoms with E-state index < -0.39 is 23.9 Å². The zero-order chi connectivity index (χ0) is 12.6. The first-order chi connectivity index (χ1) is 7.56. The molecule has 6 nitrogen and oxygen atoms in total. The molecule has 0 aromatic carbocycles. The second-order valence-electron chi connectivity index (χ2n) is 2.82. The van der Waals surface area contributed by atoms with Crippen molar-refractivity contribution in [3.8, 4) is 0 Å². The smallest absolute Gasteiger partial charge is 0.396 e. The lowest BCUT2D eigenvalue weighted by atomic mass is 10.2. The van der Waals surface area contributed by atoms with Gasteiger partial charge in [-0.05, 0) is 18.4 Å². The van der Waals surface area contributed by atoms with E-state index in [0.717, 1.165) is 7.11 Å². The maximum Gasteiger partial charge on any atom is 0.396 e. The Kier molecular flexibility index (Phi) is 7.36. The zero-order valence-electron chi connectivity index (χ0n) is 9.44. The molecule has 0 heterocycles. The normalized spacial score (nSPS) is 11.4. The lowest BCUT2D eigenvalue weighted by Gasteiger charge is -2.14. The molecule has 1 atom stereocenters. The number of hydrogen-bond donors (Lipinski definition) is 1. The highest BCUT2D eigenvalue weighted by molar-refractivity contribution is 7.98. The van der Waals surface area contributed by atoms with Gasteiger partial charge in [-0.1, -0.05) is 0 Å². The monoisotopic (exact) mass is 249 g/mol. The molecule has 7 heteroatoms. The number of amides is 1. The van der Waals surface area contributed by atoms with Crippen LogP contribution in [0.4, 0.5) is 0 Å². The number of ether oxygens (including phenoxy) is 2. The van der Waals surface area contributed by atoms with Crippen molar-refractivity contribution < 1.29 is 23.9 Å². The molecule has 0 spiro atoms. The first kappa shape index (κ1) is 14.8. The molecule has 1 unspecified atom stereocenters. The van der Waals surface area contributed by atoms with Crippen molar-refractivity contribution in [3.63, 3.8) is 0 Å². The number of nitrogens with one attached hydrogen (secondary N) is 1. The zero-order valence-corrected chi connectivity index (χ0v) is 10.3. The Hall–Kier alpha value is -1.24. The highest BCUT2D eigenvalue weighted by Crippen LogP contribution is 2.02. The summed E-state index contributed by atoms with van der Waals surface area (Å²) in [4.78, 5) is 33.3. The summed E-state index contributed by atoms with van der Waals surface area (Å²) in [7, 11) is 2.32. The maximum absolute atomic E-state index is 11.3. The number of carbonyl (C=O) groups excluding carboxylic acids is 3. The summed E-state index contributed by atoms with van der Waals surface area (Å²) < 4.78 is 8.73.